The van der Waals surface area contributed by atoms with Gasteiger partial charge in [0.2, 0.25) is 0 Å². The van der Waals surface area contributed by atoms with E-state index in [1.807, 2.05) is 18.2 Å². The van der Waals surface area contributed by atoms with E-state index in [-0.39, 0.29) is 12.1 Å². The Bertz CT molecular complexity index is 473. The van der Waals surface area contributed by atoms with Gasteiger partial charge in [-0.25, -0.2) is 0 Å². The molecule has 23 heavy (non-hydrogen) atoms. The Kier molecular flexibility index (Phi) is 5.96. The molecule has 0 bridgehead atoms. The maximum absolute atomic E-state index is 10.5. The van der Waals surface area contributed by atoms with Gasteiger partial charge in [0.05, 0.1) is 37.2 Å². The van der Waals surface area contributed by atoms with E-state index in [0.29, 0.717) is 19.2 Å². The van der Waals surface area contributed by atoms with Crippen molar-refractivity contribution in [1.82, 2.24) is 15.2 Å². The average molecular weight is 321 g/mol. The number of aliphatic hydroxyl groups excluding tert-OH is 1. The van der Waals surface area contributed by atoms with Crippen LogP contribution in [0.2, 0.25) is 0 Å². The van der Waals surface area contributed by atoms with Gasteiger partial charge < -0.3 is 19.9 Å². The summed E-state index contributed by atoms with van der Waals surface area (Å²) < 4.78 is 11.1. The minimum Gasteiger partial charge on any atom is -0.389 e. The third-order valence-corrected chi connectivity index (χ3v) is 4.83. The van der Waals surface area contributed by atoms with Gasteiger partial charge in [-0.15, -0.1) is 0 Å². The van der Waals surface area contributed by atoms with Crippen molar-refractivity contribution in [3.8, 4) is 0 Å². The van der Waals surface area contributed by atoms with Crippen LogP contribution in [-0.2, 0) is 16.0 Å². The van der Waals surface area contributed by atoms with Crippen molar-refractivity contribution < 1.29 is 14.6 Å². The van der Waals surface area contributed by atoms with Crippen molar-refractivity contribution in [1.29, 1.82) is 0 Å². The Labute approximate surface area is 137 Å². The van der Waals surface area contributed by atoms with Gasteiger partial charge in [-0.1, -0.05) is 6.07 Å². The fourth-order valence-corrected chi connectivity index (χ4v) is 3.51. The van der Waals surface area contributed by atoms with Gasteiger partial charge in [0.25, 0.3) is 0 Å². The van der Waals surface area contributed by atoms with Gasteiger partial charge in [-0.2, -0.15) is 0 Å². The predicted molar refractivity (Wildman–Crippen MR) is 87.1 cm³/mol. The number of likely N-dealkylation sites (tertiary alicyclic amines) is 1. The molecular weight excluding hydrogens is 294 g/mol. The summed E-state index contributed by atoms with van der Waals surface area (Å²) in [6, 6.07) is 6.27. The molecule has 3 rings (SSSR count). The molecule has 2 aliphatic rings. The number of rotatable bonds is 7. The van der Waals surface area contributed by atoms with E-state index in [2.05, 4.69) is 15.2 Å². The maximum atomic E-state index is 10.5. The molecule has 6 heteroatoms. The molecule has 4 atom stereocenters. The van der Waals surface area contributed by atoms with Gasteiger partial charge >= 0.3 is 0 Å². The lowest BCUT2D eigenvalue weighted by Crippen LogP contribution is -2.46. The van der Waals surface area contributed by atoms with Crippen molar-refractivity contribution in [3.05, 3.63) is 30.1 Å². The first-order chi connectivity index (χ1) is 11.3. The Hall–Kier alpha value is -1.05. The van der Waals surface area contributed by atoms with E-state index in [0.717, 1.165) is 31.8 Å². The van der Waals surface area contributed by atoms with E-state index in [1.54, 1.807) is 13.3 Å². The molecule has 0 amide bonds. The first kappa shape index (κ1) is 16.8. The summed E-state index contributed by atoms with van der Waals surface area (Å²) in [6.07, 6.45) is 3.53. The highest BCUT2D eigenvalue weighted by Gasteiger charge is 2.38. The van der Waals surface area contributed by atoms with Crippen LogP contribution in [0, 0.1) is 0 Å². The normalized spacial score (nSPS) is 31.7. The number of ether oxygens (including phenoxy) is 2. The second-order valence-corrected chi connectivity index (χ2v) is 6.42. The molecule has 1 aromatic heterocycles. The minimum atomic E-state index is -0.484. The van der Waals surface area contributed by atoms with Crippen molar-refractivity contribution in [3.63, 3.8) is 0 Å². The van der Waals surface area contributed by atoms with E-state index in [4.69, 9.17) is 9.47 Å². The first-order valence-electron chi connectivity index (χ1n) is 8.44. The summed E-state index contributed by atoms with van der Waals surface area (Å²) in [5.74, 6) is 0. The molecule has 128 valence electrons. The minimum absolute atomic E-state index is 0.0366. The summed E-state index contributed by atoms with van der Waals surface area (Å²) in [4.78, 5) is 6.68. The van der Waals surface area contributed by atoms with Crippen LogP contribution in [0.3, 0.4) is 0 Å². The molecule has 4 unspecified atom stereocenters. The van der Waals surface area contributed by atoms with E-state index in [9.17, 15) is 5.11 Å². The van der Waals surface area contributed by atoms with Gasteiger partial charge in [-0.3, -0.25) is 9.88 Å². The molecular formula is C17H27N3O3. The molecule has 0 radical (unpaired) electrons. The Morgan fingerprint density at radius 1 is 1.48 bits per heavy atom. The quantitative estimate of drug-likeness (QED) is 0.758. The zero-order chi connectivity index (χ0) is 16.1. The fraction of sp³-hybridized carbons (Fsp3) is 0.706. The highest BCUT2D eigenvalue weighted by Crippen LogP contribution is 2.22. The SMILES string of the molecule is COCC1CCCN1CC1OCC(NCc2ccccn2)C1O. The van der Waals surface area contributed by atoms with Crippen molar-refractivity contribution in [2.75, 3.05) is 33.4 Å². The van der Waals surface area contributed by atoms with E-state index in [1.165, 1.54) is 6.42 Å². The zero-order valence-electron chi connectivity index (χ0n) is 13.7. The molecule has 2 saturated heterocycles. The second-order valence-electron chi connectivity index (χ2n) is 6.42. The van der Waals surface area contributed by atoms with Gasteiger partial charge in [-0.05, 0) is 31.5 Å². The third-order valence-electron chi connectivity index (χ3n) is 4.83. The monoisotopic (exact) mass is 321 g/mol. The summed E-state index contributed by atoms with van der Waals surface area (Å²) in [5.41, 5.74) is 0.975. The smallest absolute Gasteiger partial charge is 0.0989 e. The zero-order valence-corrected chi connectivity index (χ0v) is 13.7. The molecule has 0 spiro atoms. The van der Waals surface area contributed by atoms with Crippen LogP contribution in [0.4, 0.5) is 0 Å². The van der Waals surface area contributed by atoms with Crippen LogP contribution in [-0.4, -0.2) is 72.7 Å². The number of pyridine rings is 1. The Balaban J connectivity index is 1.47. The van der Waals surface area contributed by atoms with Crippen LogP contribution in [0.1, 0.15) is 18.5 Å². The molecule has 6 nitrogen and oxygen atoms in total. The highest BCUT2D eigenvalue weighted by molar-refractivity contribution is 5.04. The molecule has 2 aliphatic heterocycles. The van der Waals surface area contributed by atoms with Crippen LogP contribution >= 0.6 is 0 Å². The van der Waals surface area contributed by atoms with E-state index >= 15 is 0 Å². The van der Waals surface area contributed by atoms with Crippen LogP contribution in [0.15, 0.2) is 24.4 Å². The topological polar surface area (TPSA) is 66.9 Å². The van der Waals surface area contributed by atoms with Crippen LogP contribution in [0.25, 0.3) is 0 Å². The van der Waals surface area contributed by atoms with Crippen LogP contribution in [0.5, 0.6) is 0 Å². The highest BCUT2D eigenvalue weighted by atomic mass is 16.5. The van der Waals surface area contributed by atoms with Crippen molar-refractivity contribution in [2.24, 2.45) is 0 Å². The Morgan fingerprint density at radius 2 is 2.39 bits per heavy atom. The molecule has 0 saturated carbocycles. The number of nitrogens with one attached hydrogen (secondary N) is 1. The standard InChI is InChI=1S/C17H27N3O3/c1-22-11-14-6-4-8-20(14)10-16-17(21)15(12-23-16)19-9-13-5-2-3-7-18-13/h2-3,5,7,14-17,19,21H,4,6,8-12H2,1H3. The molecule has 0 aromatic carbocycles. The second kappa shape index (κ2) is 8.17. The lowest BCUT2D eigenvalue weighted by atomic mass is 10.1. The average Bonchev–Trinajstić information content (AvgIpc) is 3.15. The molecule has 2 N–H and O–H groups in total. The summed E-state index contributed by atoms with van der Waals surface area (Å²) >= 11 is 0. The molecule has 0 aliphatic carbocycles. The molecule has 1 aromatic rings. The fourth-order valence-electron chi connectivity index (χ4n) is 3.51. The lowest BCUT2D eigenvalue weighted by Gasteiger charge is -2.28. The van der Waals surface area contributed by atoms with E-state index < -0.39 is 6.10 Å². The van der Waals surface area contributed by atoms with Crippen molar-refractivity contribution >= 4 is 0 Å². The number of aliphatic hydroxyl groups is 1. The van der Waals surface area contributed by atoms with Gasteiger partial charge in [0, 0.05) is 32.4 Å². The van der Waals surface area contributed by atoms with Crippen LogP contribution < -0.4 is 5.32 Å². The maximum Gasteiger partial charge on any atom is 0.0989 e. The summed E-state index contributed by atoms with van der Waals surface area (Å²) in [7, 11) is 1.75. The summed E-state index contributed by atoms with van der Waals surface area (Å²) in [5, 5.41) is 13.9. The first-order valence-corrected chi connectivity index (χ1v) is 8.44. The van der Waals surface area contributed by atoms with Gasteiger partial charge in [0.1, 0.15) is 0 Å². The Morgan fingerprint density at radius 3 is 3.17 bits per heavy atom. The number of aromatic nitrogens is 1. The predicted octanol–water partition coefficient (Wildman–Crippen LogP) is 0.410. The molecule has 2 fully saturated rings. The third kappa shape index (κ3) is 4.28. The summed E-state index contributed by atoms with van der Waals surface area (Å²) in [6.45, 7) is 3.78. The largest absolute Gasteiger partial charge is 0.389 e. The number of hydrogen-bond acceptors (Lipinski definition) is 6. The lowest BCUT2D eigenvalue weighted by molar-refractivity contribution is 0.00449. The number of nitrogens with zero attached hydrogens (tertiary/aromatic N) is 2. The van der Waals surface area contributed by atoms with Gasteiger partial charge in [0.15, 0.2) is 0 Å². The molecule has 3 heterocycles. The number of hydrogen-bond donors (Lipinski definition) is 2. The van der Waals surface area contributed by atoms with Crippen molar-refractivity contribution in [2.45, 2.75) is 43.7 Å². The number of methoxy groups -OCH3 is 1.